The van der Waals surface area contributed by atoms with Crippen molar-refractivity contribution in [3.8, 4) is 12.3 Å². The van der Waals surface area contributed by atoms with Crippen molar-refractivity contribution in [3.05, 3.63) is 0 Å². The van der Waals surface area contributed by atoms with Crippen LogP contribution < -0.4 is 0 Å². The van der Waals surface area contributed by atoms with Gasteiger partial charge in [-0.05, 0) is 12.8 Å². The molecule has 0 aromatic heterocycles. The Kier molecular flexibility index (Phi) is 8.37. The molecule has 0 aliphatic carbocycles. The van der Waals surface area contributed by atoms with Gasteiger partial charge in [0, 0.05) is 12.8 Å². The van der Waals surface area contributed by atoms with Crippen molar-refractivity contribution in [2.75, 3.05) is 0 Å². The number of hydrogen-bond acceptors (Lipinski definition) is 1. The summed E-state index contributed by atoms with van der Waals surface area (Å²) in [5.74, 6) is 2.61. The van der Waals surface area contributed by atoms with Gasteiger partial charge in [-0.15, -0.1) is 25.0 Å². The third kappa shape index (κ3) is 9.58. The molecule has 0 radical (unpaired) electrons. The van der Waals surface area contributed by atoms with E-state index in [1.54, 1.807) is 0 Å². The second-order valence-corrected chi connectivity index (χ2v) is 3.36. The van der Waals surface area contributed by atoms with Crippen molar-refractivity contribution in [1.29, 1.82) is 0 Å². The lowest BCUT2D eigenvalue weighted by atomic mass is 10.1. The topological polar surface area (TPSA) is 17.1 Å². The number of unbranched alkanes of at least 4 members (excludes halogenated alkanes) is 5. The highest BCUT2D eigenvalue weighted by molar-refractivity contribution is 7.96. The predicted octanol–water partition coefficient (Wildman–Crippen LogP) is 2.81. The third-order valence-corrected chi connectivity index (χ3v) is 1.94. The Morgan fingerprint density at radius 2 is 1.75 bits per heavy atom. The largest absolute Gasteiger partial charge is 0.288 e. The zero-order chi connectivity index (χ0) is 9.23. The van der Waals surface area contributed by atoms with Gasteiger partial charge in [-0.25, -0.2) is 0 Å². The summed E-state index contributed by atoms with van der Waals surface area (Å²) in [5, 5.41) is -0.00127. The highest BCUT2D eigenvalue weighted by Crippen LogP contribution is 2.07. The van der Waals surface area contributed by atoms with E-state index >= 15 is 0 Å². The first-order valence-electron chi connectivity index (χ1n) is 4.42. The van der Waals surface area contributed by atoms with Crippen molar-refractivity contribution in [3.63, 3.8) is 0 Å². The standard InChI is InChI=1S/C10H16OS/c1-2-3-4-5-6-7-8-9-10(11)12/h1H,3-9H2,(H,11,12). The van der Waals surface area contributed by atoms with Crippen molar-refractivity contribution in [1.82, 2.24) is 0 Å². The van der Waals surface area contributed by atoms with Crippen LogP contribution in [0, 0.1) is 12.3 Å². The van der Waals surface area contributed by atoms with Gasteiger partial charge in [0.2, 0.25) is 0 Å². The Balaban J connectivity index is 2.92. The highest BCUT2D eigenvalue weighted by atomic mass is 32.1. The summed E-state index contributed by atoms with van der Waals surface area (Å²) < 4.78 is 0. The maximum Gasteiger partial charge on any atom is 0.185 e. The fourth-order valence-electron chi connectivity index (χ4n) is 1.03. The Morgan fingerprint density at radius 1 is 1.17 bits per heavy atom. The Hall–Kier alpha value is -0.420. The summed E-state index contributed by atoms with van der Waals surface area (Å²) in [4.78, 5) is 10.4. The number of rotatable bonds is 7. The van der Waals surface area contributed by atoms with Crippen molar-refractivity contribution >= 4 is 17.7 Å². The third-order valence-electron chi connectivity index (χ3n) is 1.71. The average Bonchev–Trinajstić information content (AvgIpc) is 2.02. The van der Waals surface area contributed by atoms with Crippen molar-refractivity contribution < 1.29 is 4.79 Å². The number of terminal acetylenes is 1. The first-order valence-corrected chi connectivity index (χ1v) is 4.87. The minimum absolute atomic E-state index is 0.00127. The molecule has 12 heavy (non-hydrogen) atoms. The second kappa shape index (κ2) is 8.67. The SMILES string of the molecule is C#CCCCCCCCC(=O)S. The van der Waals surface area contributed by atoms with Gasteiger partial charge in [0.15, 0.2) is 5.12 Å². The van der Waals surface area contributed by atoms with Crippen LogP contribution in [0.3, 0.4) is 0 Å². The lowest BCUT2D eigenvalue weighted by Gasteiger charge is -1.97. The Labute approximate surface area is 80.3 Å². The fourth-order valence-corrected chi connectivity index (χ4v) is 1.19. The molecular weight excluding hydrogens is 168 g/mol. The van der Waals surface area contributed by atoms with Gasteiger partial charge in [0.1, 0.15) is 0 Å². The van der Waals surface area contributed by atoms with Crippen LogP contribution >= 0.6 is 12.6 Å². The van der Waals surface area contributed by atoms with E-state index in [2.05, 4.69) is 18.5 Å². The van der Waals surface area contributed by atoms with E-state index in [-0.39, 0.29) is 5.12 Å². The summed E-state index contributed by atoms with van der Waals surface area (Å²) in [7, 11) is 0. The van der Waals surface area contributed by atoms with Crippen LogP contribution in [0.25, 0.3) is 0 Å². The smallest absolute Gasteiger partial charge is 0.185 e. The Morgan fingerprint density at radius 3 is 2.33 bits per heavy atom. The highest BCUT2D eigenvalue weighted by Gasteiger charge is 1.94. The number of carbonyl (C=O) groups excluding carboxylic acids is 1. The van der Waals surface area contributed by atoms with Gasteiger partial charge in [-0.2, -0.15) is 0 Å². The summed E-state index contributed by atoms with van der Waals surface area (Å²) in [5.41, 5.74) is 0. The van der Waals surface area contributed by atoms with Gasteiger partial charge in [-0.3, -0.25) is 4.79 Å². The monoisotopic (exact) mass is 184 g/mol. The maximum atomic E-state index is 10.4. The summed E-state index contributed by atoms with van der Waals surface area (Å²) in [6.07, 6.45) is 12.2. The first kappa shape index (κ1) is 11.6. The molecule has 0 aliphatic heterocycles. The molecular formula is C10H16OS. The van der Waals surface area contributed by atoms with E-state index in [4.69, 9.17) is 6.42 Å². The predicted molar refractivity (Wildman–Crippen MR) is 55.1 cm³/mol. The summed E-state index contributed by atoms with van der Waals surface area (Å²) in [6.45, 7) is 0. The lowest BCUT2D eigenvalue weighted by molar-refractivity contribution is -0.110. The lowest BCUT2D eigenvalue weighted by Crippen LogP contribution is -1.86. The summed E-state index contributed by atoms with van der Waals surface area (Å²) in [6, 6.07) is 0. The van der Waals surface area contributed by atoms with E-state index in [0.29, 0.717) is 6.42 Å². The number of hydrogen-bond donors (Lipinski definition) is 1. The quantitative estimate of drug-likeness (QED) is 0.366. The van der Waals surface area contributed by atoms with Gasteiger partial charge in [-0.1, -0.05) is 19.3 Å². The van der Waals surface area contributed by atoms with Crippen LogP contribution in [0.15, 0.2) is 0 Å². The normalized spacial score (nSPS) is 9.33. The molecule has 0 saturated heterocycles. The van der Waals surface area contributed by atoms with E-state index < -0.39 is 0 Å². The molecule has 0 amide bonds. The molecule has 0 saturated carbocycles. The van der Waals surface area contributed by atoms with Crippen molar-refractivity contribution in [2.24, 2.45) is 0 Å². The molecule has 0 unspecified atom stereocenters. The fraction of sp³-hybridized carbons (Fsp3) is 0.700. The molecule has 0 aromatic rings. The molecule has 0 rings (SSSR count). The average molecular weight is 184 g/mol. The van der Waals surface area contributed by atoms with Crippen LogP contribution in [0.4, 0.5) is 0 Å². The van der Waals surface area contributed by atoms with Gasteiger partial charge >= 0.3 is 0 Å². The maximum absolute atomic E-state index is 10.4. The molecule has 0 fully saturated rings. The first-order chi connectivity index (χ1) is 5.77. The zero-order valence-electron chi connectivity index (χ0n) is 7.38. The van der Waals surface area contributed by atoms with Crippen LogP contribution in [-0.4, -0.2) is 5.12 Å². The molecule has 0 heterocycles. The molecule has 0 aliphatic rings. The van der Waals surface area contributed by atoms with E-state index in [0.717, 1.165) is 25.7 Å². The molecule has 68 valence electrons. The molecule has 0 aromatic carbocycles. The summed E-state index contributed by atoms with van der Waals surface area (Å²) >= 11 is 3.69. The van der Waals surface area contributed by atoms with Gasteiger partial charge in [0.05, 0.1) is 0 Å². The molecule has 0 atom stereocenters. The van der Waals surface area contributed by atoms with Gasteiger partial charge in [0.25, 0.3) is 0 Å². The Bertz CT molecular complexity index is 158. The number of carbonyl (C=O) groups is 1. The molecule has 0 N–H and O–H groups in total. The van der Waals surface area contributed by atoms with E-state index in [9.17, 15) is 4.79 Å². The van der Waals surface area contributed by atoms with Crippen LogP contribution in [0.2, 0.25) is 0 Å². The molecule has 0 bridgehead atoms. The van der Waals surface area contributed by atoms with Gasteiger partial charge < -0.3 is 0 Å². The van der Waals surface area contributed by atoms with Crippen molar-refractivity contribution in [2.45, 2.75) is 44.9 Å². The molecule has 1 nitrogen and oxygen atoms in total. The minimum Gasteiger partial charge on any atom is -0.288 e. The van der Waals surface area contributed by atoms with Crippen LogP contribution in [0.1, 0.15) is 44.9 Å². The zero-order valence-corrected chi connectivity index (χ0v) is 8.28. The van der Waals surface area contributed by atoms with E-state index in [1.807, 2.05) is 0 Å². The molecule has 2 heteroatoms. The van der Waals surface area contributed by atoms with E-state index in [1.165, 1.54) is 12.8 Å². The van der Waals surface area contributed by atoms with Crippen LogP contribution in [-0.2, 0) is 4.79 Å². The molecule has 0 spiro atoms. The van der Waals surface area contributed by atoms with Crippen LogP contribution in [0.5, 0.6) is 0 Å². The minimum atomic E-state index is -0.00127. The second-order valence-electron chi connectivity index (χ2n) is 2.87. The number of thiol groups is 1.